The maximum absolute atomic E-state index is 13.4. The molecule has 0 aromatic heterocycles. The Morgan fingerprint density at radius 2 is 1.83 bits per heavy atom. The number of halogens is 4. The highest BCUT2D eigenvalue weighted by Crippen LogP contribution is 2.32. The second-order valence-corrected chi connectivity index (χ2v) is 10.3. The van der Waals surface area contributed by atoms with E-state index in [1.165, 1.54) is 15.9 Å². The van der Waals surface area contributed by atoms with Crippen LogP contribution >= 0.6 is 11.6 Å². The number of hydrogen-bond donors (Lipinski definition) is 2. The van der Waals surface area contributed by atoms with E-state index in [1.54, 1.807) is 20.8 Å². The fraction of sp³-hybridized carbons (Fsp3) is 0.609. The summed E-state index contributed by atoms with van der Waals surface area (Å²) in [5.74, 6) is -2.91. The molecule has 1 aromatic rings. The van der Waals surface area contributed by atoms with Crippen molar-refractivity contribution in [2.75, 3.05) is 25.0 Å². The minimum atomic E-state index is -4.91. The molecule has 0 spiro atoms. The van der Waals surface area contributed by atoms with Gasteiger partial charge >= 0.3 is 18.4 Å². The van der Waals surface area contributed by atoms with Gasteiger partial charge in [-0.3, -0.25) is 9.59 Å². The topological polar surface area (TPSA) is 108 Å². The van der Waals surface area contributed by atoms with Gasteiger partial charge in [-0.1, -0.05) is 11.6 Å². The summed E-state index contributed by atoms with van der Waals surface area (Å²) in [7, 11) is 0. The van der Waals surface area contributed by atoms with Crippen molar-refractivity contribution in [3.63, 3.8) is 0 Å². The summed E-state index contributed by atoms with van der Waals surface area (Å²) in [6, 6.07) is 1.82. The van der Waals surface area contributed by atoms with E-state index in [1.807, 2.05) is 0 Å². The molecule has 2 amide bonds. The zero-order valence-electron chi connectivity index (χ0n) is 20.1. The largest absolute Gasteiger partial charge is 0.573 e. The summed E-state index contributed by atoms with van der Waals surface area (Å²) >= 11 is 5.93. The Morgan fingerprint density at radius 3 is 2.44 bits per heavy atom. The number of benzene rings is 1. The van der Waals surface area contributed by atoms with Crippen LogP contribution in [-0.4, -0.2) is 76.6 Å². The number of carboxylic acid groups (broad SMARTS) is 1. The fourth-order valence-electron chi connectivity index (χ4n) is 4.43. The number of ether oxygens (including phenoxy) is 2. The second-order valence-electron chi connectivity index (χ2n) is 9.82. The molecule has 1 aromatic carbocycles. The summed E-state index contributed by atoms with van der Waals surface area (Å²) in [6.45, 7) is 5.61. The van der Waals surface area contributed by atoms with Crippen LogP contribution in [0.25, 0.3) is 0 Å². The molecule has 2 heterocycles. The molecule has 2 saturated heterocycles. The number of carbonyl (C=O) groups excluding carboxylic acids is 2. The predicted molar refractivity (Wildman–Crippen MR) is 124 cm³/mol. The van der Waals surface area contributed by atoms with E-state index >= 15 is 0 Å². The number of carbonyl (C=O) groups is 3. The number of nitrogens with one attached hydrogen (secondary N) is 1. The molecule has 9 nitrogen and oxygen atoms in total. The molecule has 2 aliphatic rings. The highest BCUT2D eigenvalue weighted by molar-refractivity contribution is 6.31. The van der Waals surface area contributed by atoms with Crippen molar-refractivity contribution in [3.8, 4) is 5.75 Å². The molecular weight excluding hydrogens is 507 g/mol. The SMILES string of the molecule is CC(C)(C)OC(=O)N1CCC(C(=O)O)C(N2CCCC(Nc3cc(Cl)cc(OC(F)(F)F)c3)C2=O)C1. The third-order valence-corrected chi connectivity index (χ3v) is 6.09. The lowest BCUT2D eigenvalue weighted by Crippen LogP contribution is -2.61. The summed E-state index contributed by atoms with van der Waals surface area (Å²) in [6.07, 6.45) is -4.46. The van der Waals surface area contributed by atoms with Crippen molar-refractivity contribution >= 4 is 35.3 Å². The number of nitrogens with zero attached hydrogens (tertiary/aromatic N) is 2. The van der Waals surface area contributed by atoms with E-state index in [-0.39, 0.29) is 36.8 Å². The number of carboxylic acids is 1. The monoisotopic (exact) mass is 535 g/mol. The predicted octanol–water partition coefficient (Wildman–Crippen LogP) is 4.35. The minimum absolute atomic E-state index is 0.00885. The van der Waals surface area contributed by atoms with Crippen LogP contribution in [-0.2, 0) is 14.3 Å². The Kier molecular flexibility index (Phi) is 8.17. The summed E-state index contributed by atoms with van der Waals surface area (Å²) < 4.78 is 47.2. The molecule has 200 valence electrons. The molecule has 0 aliphatic carbocycles. The van der Waals surface area contributed by atoms with Gasteiger partial charge in [-0.05, 0) is 52.2 Å². The molecule has 0 radical (unpaired) electrons. The zero-order chi connectivity index (χ0) is 26.8. The van der Waals surface area contributed by atoms with Gasteiger partial charge in [0.15, 0.2) is 0 Å². The number of hydrogen-bond acceptors (Lipinski definition) is 6. The Bertz CT molecular complexity index is 1000. The van der Waals surface area contributed by atoms with E-state index in [0.29, 0.717) is 12.8 Å². The fourth-order valence-corrected chi connectivity index (χ4v) is 4.66. The van der Waals surface area contributed by atoms with E-state index in [2.05, 4.69) is 10.1 Å². The van der Waals surface area contributed by atoms with Crippen LogP contribution in [0.2, 0.25) is 5.02 Å². The van der Waals surface area contributed by atoms with Gasteiger partial charge in [-0.25, -0.2) is 4.79 Å². The van der Waals surface area contributed by atoms with Crippen LogP contribution in [0.15, 0.2) is 18.2 Å². The first-order valence-electron chi connectivity index (χ1n) is 11.5. The van der Waals surface area contributed by atoms with E-state index < -0.39 is 53.7 Å². The molecule has 2 N–H and O–H groups in total. The first kappa shape index (κ1) is 27.7. The molecular formula is C23H29ClF3N3O6. The highest BCUT2D eigenvalue weighted by Gasteiger charge is 2.44. The van der Waals surface area contributed by atoms with Crippen molar-refractivity contribution in [2.45, 2.75) is 64.1 Å². The van der Waals surface area contributed by atoms with E-state index in [0.717, 1.165) is 12.1 Å². The Labute approximate surface area is 211 Å². The van der Waals surface area contributed by atoms with Gasteiger partial charge in [0.05, 0.1) is 12.0 Å². The van der Waals surface area contributed by atoms with Crippen molar-refractivity contribution < 1.29 is 42.1 Å². The van der Waals surface area contributed by atoms with E-state index in [9.17, 15) is 32.7 Å². The third-order valence-electron chi connectivity index (χ3n) is 5.87. The Hall–Kier alpha value is -2.89. The number of alkyl halides is 3. The van der Waals surface area contributed by atoms with Gasteiger partial charge in [0.25, 0.3) is 0 Å². The lowest BCUT2D eigenvalue weighted by molar-refractivity contribution is -0.274. The number of piperidine rings is 2. The number of aliphatic carboxylic acids is 1. The number of likely N-dealkylation sites (tertiary alicyclic amines) is 2. The number of amides is 2. The molecule has 0 bridgehead atoms. The quantitative estimate of drug-likeness (QED) is 0.577. The summed E-state index contributed by atoms with van der Waals surface area (Å²) in [5, 5.41) is 12.7. The normalized spacial score (nSPS) is 23.3. The smallest absolute Gasteiger partial charge is 0.481 e. The molecule has 0 saturated carbocycles. The lowest BCUT2D eigenvalue weighted by Gasteiger charge is -2.45. The van der Waals surface area contributed by atoms with Gasteiger partial charge in [-0.2, -0.15) is 0 Å². The van der Waals surface area contributed by atoms with Crippen molar-refractivity contribution in [2.24, 2.45) is 5.92 Å². The number of rotatable bonds is 5. The molecule has 13 heteroatoms. The first-order valence-corrected chi connectivity index (χ1v) is 11.8. The molecule has 3 atom stereocenters. The van der Waals surface area contributed by atoms with Crippen LogP contribution in [0, 0.1) is 5.92 Å². The lowest BCUT2D eigenvalue weighted by atomic mass is 9.88. The van der Waals surface area contributed by atoms with E-state index in [4.69, 9.17) is 16.3 Å². The van der Waals surface area contributed by atoms with Crippen molar-refractivity contribution in [3.05, 3.63) is 23.2 Å². The first-order chi connectivity index (χ1) is 16.6. The summed E-state index contributed by atoms with van der Waals surface area (Å²) in [4.78, 5) is 40.8. The van der Waals surface area contributed by atoms with Crippen molar-refractivity contribution in [1.29, 1.82) is 0 Å². The standard InChI is InChI=1S/C23H29ClF3N3O6/c1-22(2,3)36-21(34)29-8-6-16(20(32)33)18(12-29)30-7-4-5-17(19(30)31)28-14-9-13(24)10-15(11-14)35-23(25,26)27/h9-11,16-18,28H,4-8,12H2,1-3H3,(H,32,33). The van der Waals surface area contributed by atoms with Crippen LogP contribution in [0.3, 0.4) is 0 Å². The second kappa shape index (κ2) is 10.6. The van der Waals surface area contributed by atoms with Crippen LogP contribution in [0.5, 0.6) is 5.75 Å². The average molecular weight is 536 g/mol. The summed E-state index contributed by atoms with van der Waals surface area (Å²) in [5.41, 5.74) is -0.589. The zero-order valence-corrected chi connectivity index (χ0v) is 20.9. The third kappa shape index (κ3) is 7.31. The van der Waals surface area contributed by atoms with Gasteiger partial charge in [0, 0.05) is 36.4 Å². The molecule has 2 aliphatic heterocycles. The minimum Gasteiger partial charge on any atom is -0.481 e. The van der Waals surface area contributed by atoms with Crippen LogP contribution < -0.4 is 10.1 Å². The molecule has 36 heavy (non-hydrogen) atoms. The van der Waals surface area contributed by atoms with Gasteiger partial charge < -0.3 is 29.7 Å². The van der Waals surface area contributed by atoms with Crippen LogP contribution in [0.1, 0.15) is 40.0 Å². The van der Waals surface area contributed by atoms with Gasteiger partial charge in [0.1, 0.15) is 17.4 Å². The van der Waals surface area contributed by atoms with Crippen molar-refractivity contribution in [1.82, 2.24) is 9.80 Å². The van der Waals surface area contributed by atoms with Gasteiger partial charge in [-0.15, -0.1) is 13.2 Å². The maximum Gasteiger partial charge on any atom is 0.573 e. The highest BCUT2D eigenvalue weighted by atomic mass is 35.5. The molecule has 2 fully saturated rings. The Balaban J connectivity index is 1.78. The van der Waals surface area contributed by atoms with Gasteiger partial charge in [0.2, 0.25) is 5.91 Å². The van der Waals surface area contributed by atoms with Crippen LogP contribution in [0.4, 0.5) is 23.7 Å². The Morgan fingerprint density at radius 1 is 1.14 bits per heavy atom. The average Bonchev–Trinajstić information content (AvgIpc) is 2.72. The molecule has 3 rings (SSSR count). The maximum atomic E-state index is 13.4. The molecule has 3 unspecified atom stereocenters. The number of anilines is 1.